The average Bonchev–Trinajstić information content (AvgIpc) is 3.15. The predicted molar refractivity (Wildman–Crippen MR) is 112 cm³/mol. The molecular formula is C21H19N3O4S. The molecule has 7 nitrogen and oxygen atoms in total. The van der Waals surface area contributed by atoms with Gasteiger partial charge in [-0.2, -0.15) is 0 Å². The molecule has 148 valence electrons. The Hall–Kier alpha value is -3.52. The number of aryl methyl sites for hydroxylation is 1. The largest absolute Gasteiger partial charge is 0.452 e. The number of benzene rings is 2. The number of anilines is 2. The summed E-state index contributed by atoms with van der Waals surface area (Å²) in [5, 5.41) is 7.51. The Kier molecular flexibility index (Phi) is 6.36. The molecular weight excluding hydrogens is 390 g/mol. The zero-order valence-corrected chi connectivity index (χ0v) is 16.7. The Labute approximate surface area is 171 Å². The van der Waals surface area contributed by atoms with Crippen molar-refractivity contribution in [2.45, 2.75) is 13.8 Å². The molecule has 0 unspecified atom stereocenters. The summed E-state index contributed by atoms with van der Waals surface area (Å²) < 4.78 is 5.03. The fraction of sp³-hybridized carbons (Fsp3) is 0.143. The fourth-order valence-electron chi connectivity index (χ4n) is 2.45. The fourth-order valence-corrected chi connectivity index (χ4v) is 3.19. The van der Waals surface area contributed by atoms with Crippen molar-refractivity contribution in [2.75, 3.05) is 17.2 Å². The molecule has 8 heteroatoms. The number of nitrogens with zero attached hydrogens (tertiary/aromatic N) is 1. The Balaban J connectivity index is 1.51. The van der Waals surface area contributed by atoms with E-state index >= 15 is 0 Å². The minimum absolute atomic E-state index is 0.204. The molecule has 3 aromatic rings. The van der Waals surface area contributed by atoms with Gasteiger partial charge in [-0.15, -0.1) is 11.3 Å². The van der Waals surface area contributed by atoms with Crippen LogP contribution >= 0.6 is 11.3 Å². The zero-order chi connectivity index (χ0) is 20.8. The van der Waals surface area contributed by atoms with Crippen LogP contribution in [0.3, 0.4) is 0 Å². The molecule has 1 aromatic heterocycles. The summed E-state index contributed by atoms with van der Waals surface area (Å²) in [6.45, 7) is 2.98. The minimum Gasteiger partial charge on any atom is -0.452 e. The molecule has 2 aromatic carbocycles. The molecule has 2 amide bonds. The van der Waals surface area contributed by atoms with Gasteiger partial charge in [-0.05, 0) is 31.2 Å². The standard InChI is InChI=1S/C21H19N3O4S/c1-13-3-5-15(6-4-13)18-12-29-21(23-18)24-19(26)11-28-20(27)16-7-9-17(10-8-16)22-14(2)25/h3-10,12H,11H2,1-2H3,(H,22,25)(H,23,24,26). The molecule has 0 spiro atoms. The lowest BCUT2D eigenvalue weighted by Crippen LogP contribution is -2.20. The number of nitrogens with one attached hydrogen (secondary N) is 2. The van der Waals surface area contributed by atoms with E-state index in [0.717, 1.165) is 16.8 Å². The highest BCUT2D eigenvalue weighted by atomic mass is 32.1. The number of amides is 2. The first-order valence-electron chi connectivity index (χ1n) is 8.78. The van der Waals surface area contributed by atoms with Gasteiger partial charge >= 0.3 is 5.97 Å². The van der Waals surface area contributed by atoms with Gasteiger partial charge in [0.15, 0.2) is 11.7 Å². The van der Waals surface area contributed by atoms with Crippen molar-refractivity contribution in [2.24, 2.45) is 0 Å². The summed E-state index contributed by atoms with van der Waals surface area (Å²) in [5.41, 5.74) is 3.73. The molecule has 0 radical (unpaired) electrons. The SMILES string of the molecule is CC(=O)Nc1ccc(C(=O)OCC(=O)Nc2nc(-c3ccc(C)cc3)cs2)cc1. The monoisotopic (exact) mass is 409 g/mol. The second kappa shape index (κ2) is 9.11. The summed E-state index contributed by atoms with van der Waals surface area (Å²) in [5.74, 6) is -1.31. The van der Waals surface area contributed by atoms with Crippen LogP contribution in [0, 0.1) is 6.92 Å². The number of hydrogen-bond acceptors (Lipinski definition) is 6. The highest BCUT2D eigenvalue weighted by molar-refractivity contribution is 7.14. The van der Waals surface area contributed by atoms with Crippen LogP contribution in [0.4, 0.5) is 10.8 Å². The van der Waals surface area contributed by atoms with E-state index in [-0.39, 0.29) is 11.5 Å². The highest BCUT2D eigenvalue weighted by Crippen LogP contribution is 2.25. The van der Waals surface area contributed by atoms with Gasteiger partial charge in [0.2, 0.25) is 5.91 Å². The maximum Gasteiger partial charge on any atom is 0.338 e. The number of hydrogen-bond donors (Lipinski definition) is 2. The third-order valence-corrected chi connectivity index (χ3v) is 4.63. The van der Waals surface area contributed by atoms with Gasteiger partial charge in [0.05, 0.1) is 11.3 Å². The van der Waals surface area contributed by atoms with Gasteiger partial charge in [0, 0.05) is 23.6 Å². The minimum atomic E-state index is -0.631. The second-order valence-corrected chi connectivity index (χ2v) is 7.14. The maximum absolute atomic E-state index is 12.0. The first kappa shape index (κ1) is 20.2. The van der Waals surface area contributed by atoms with Gasteiger partial charge in [0.1, 0.15) is 0 Å². The van der Waals surface area contributed by atoms with Crippen LogP contribution in [0.5, 0.6) is 0 Å². The van der Waals surface area contributed by atoms with Crippen molar-refractivity contribution in [3.63, 3.8) is 0 Å². The molecule has 0 aliphatic carbocycles. The van der Waals surface area contributed by atoms with Crippen molar-refractivity contribution in [3.05, 3.63) is 65.0 Å². The van der Waals surface area contributed by atoms with E-state index in [2.05, 4.69) is 15.6 Å². The number of rotatable bonds is 6. The molecule has 0 atom stereocenters. The maximum atomic E-state index is 12.0. The van der Waals surface area contributed by atoms with E-state index in [1.165, 1.54) is 30.4 Å². The first-order chi connectivity index (χ1) is 13.9. The third-order valence-electron chi connectivity index (χ3n) is 3.87. The van der Waals surface area contributed by atoms with Gasteiger partial charge in [-0.3, -0.25) is 14.9 Å². The Morgan fingerprint density at radius 2 is 1.69 bits per heavy atom. The van der Waals surface area contributed by atoms with Crippen molar-refractivity contribution < 1.29 is 19.1 Å². The molecule has 3 rings (SSSR count). The molecule has 0 saturated carbocycles. The van der Waals surface area contributed by atoms with E-state index in [0.29, 0.717) is 10.8 Å². The van der Waals surface area contributed by atoms with Gasteiger partial charge in [-0.25, -0.2) is 9.78 Å². The summed E-state index contributed by atoms with van der Waals surface area (Å²) in [6, 6.07) is 14.1. The van der Waals surface area contributed by atoms with E-state index in [4.69, 9.17) is 4.74 Å². The lowest BCUT2D eigenvalue weighted by Gasteiger charge is -2.06. The lowest BCUT2D eigenvalue weighted by molar-refractivity contribution is -0.119. The smallest absolute Gasteiger partial charge is 0.338 e. The third kappa shape index (κ3) is 5.73. The predicted octanol–water partition coefficient (Wildman–Crippen LogP) is 3.87. The van der Waals surface area contributed by atoms with Crippen LogP contribution in [0.15, 0.2) is 53.9 Å². The Morgan fingerprint density at radius 3 is 2.34 bits per heavy atom. The van der Waals surface area contributed by atoms with E-state index < -0.39 is 18.5 Å². The average molecular weight is 409 g/mol. The number of thiazole rings is 1. The van der Waals surface area contributed by atoms with E-state index in [1.54, 1.807) is 12.1 Å². The topological polar surface area (TPSA) is 97.4 Å². The summed E-state index contributed by atoms with van der Waals surface area (Å²) in [6.07, 6.45) is 0. The normalized spacial score (nSPS) is 10.3. The van der Waals surface area contributed by atoms with Crippen molar-refractivity contribution in [3.8, 4) is 11.3 Å². The van der Waals surface area contributed by atoms with Crippen LogP contribution < -0.4 is 10.6 Å². The quantitative estimate of drug-likeness (QED) is 0.602. The van der Waals surface area contributed by atoms with Crippen LogP contribution in [-0.4, -0.2) is 29.4 Å². The van der Waals surface area contributed by atoms with E-state index in [1.807, 2.05) is 36.6 Å². The molecule has 29 heavy (non-hydrogen) atoms. The van der Waals surface area contributed by atoms with Gasteiger partial charge < -0.3 is 10.1 Å². The molecule has 0 fully saturated rings. The number of carbonyl (C=O) groups is 3. The number of esters is 1. The molecule has 0 aliphatic heterocycles. The van der Waals surface area contributed by atoms with Crippen molar-refractivity contribution in [1.82, 2.24) is 4.98 Å². The Morgan fingerprint density at radius 1 is 1.00 bits per heavy atom. The number of ether oxygens (including phenoxy) is 1. The molecule has 2 N–H and O–H groups in total. The molecule has 0 aliphatic rings. The zero-order valence-electron chi connectivity index (χ0n) is 15.9. The van der Waals surface area contributed by atoms with Crippen LogP contribution in [0.2, 0.25) is 0 Å². The molecule has 0 bridgehead atoms. The van der Waals surface area contributed by atoms with Crippen LogP contribution in [-0.2, 0) is 14.3 Å². The molecule has 1 heterocycles. The summed E-state index contributed by atoms with van der Waals surface area (Å²) in [7, 11) is 0. The summed E-state index contributed by atoms with van der Waals surface area (Å²) >= 11 is 1.30. The van der Waals surface area contributed by atoms with Gasteiger partial charge in [0.25, 0.3) is 5.91 Å². The van der Waals surface area contributed by atoms with Crippen molar-refractivity contribution >= 4 is 39.9 Å². The number of aromatic nitrogens is 1. The van der Waals surface area contributed by atoms with Crippen LogP contribution in [0.1, 0.15) is 22.8 Å². The molecule has 0 saturated heterocycles. The Bertz CT molecular complexity index is 1030. The van der Waals surface area contributed by atoms with E-state index in [9.17, 15) is 14.4 Å². The number of carbonyl (C=O) groups excluding carboxylic acids is 3. The van der Waals surface area contributed by atoms with Crippen LogP contribution in [0.25, 0.3) is 11.3 Å². The highest BCUT2D eigenvalue weighted by Gasteiger charge is 2.12. The van der Waals surface area contributed by atoms with Gasteiger partial charge in [-0.1, -0.05) is 29.8 Å². The van der Waals surface area contributed by atoms with Crippen molar-refractivity contribution in [1.29, 1.82) is 0 Å². The second-order valence-electron chi connectivity index (χ2n) is 6.29. The summed E-state index contributed by atoms with van der Waals surface area (Å²) in [4.78, 5) is 39.5. The lowest BCUT2D eigenvalue weighted by atomic mass is 10.1. The first-order valence-corrected chi connectivity index (χ1v) is 9.66.